The van der Waals surface area contributed by atoms with Crippen LogP contribution in [0.2, 0.25) is 0 Å². The molecule has 1 aliphatic carbocycles. The molecular formula is C22H43O7PS. The second-order valence-electron chi connectivity index (χ2n) is 8.99. The second kappa shape index (κ2) is 16.2. The number of hydrogen-bond acceptors (Lipinski definition) is 5. The average molecular weight is 483 g/mol. The van der Waals surface area contributed by atoms with E-state index in [9.17, 15) is 17.8 Å². The maximum Gasteiger partial charge on any atom is 0.433 e. The molecule has 31 heavy (non-hydrogen) atoms. The fourth-order valence-corrected chi connectivity index (χ4v) is 5.65. The number of hydrogen-bond donors (Lipinski definition) is 2. The number of unbranched alkanes of at least 4 members (excludes halogenated alkanes) is 11. The maximum atomic E-state index is 12.0. The summed E-state index contributed by atoms with van der Waals surface area (Å²) in [7, 11) is -7.88. The van der Waals surface area contributed by atoms with E-state index in [-0.39, 0.29) is 18.1 Å². The summed E-state index contributed by atoms with van der Waals surface area (Å²) < 4.78 is 39.1. The molecule has 0 saturated heterocycles. The van der Waals surface area contributed by atoms with E-state index in [4.69, 9.17) is 9.79 Å². The van der Waals surface area contributed by atoms with Crippen LogP contribution in [0.15, 0.2) is 0 Å². The molecule has 0 aromatic carbocycles. The van der Waals surface area contributed by atoms with Crippen molar-refractivity contribution >= 4 is 23.1 Å². The molecule has 0 bridgehead atoms. The maximum absolute atomic E-state index is 12.0. The van der Waals surface area contributed by atoms with Crippen LogP contribution in [0.1, 0.15) is 109 Å². The van der Waals surface area contributed by atoms with Gasteiger partial charge in [-0.25, -0.2) is 17.8 Å². The molecule has 0 aromatic rings. The van der Waals surface area contributed by atoms with Crippen LogP contribution < -0.4 is 0 Å². The molecule has 7 nitrogen and oxygen atoms in total. The largest absolute Gasteiger partial charge is 0.457 e. The molecule has 184 valence electrons. The van der Waals surface area contributed by atoms with Crippen LogP contribution in [0, 0.1) is 5.92 Å². The van der Waals surface area contributed by atoms with Gasteiger partial charge in [-0.1, -0.05) is 83.5 Å². The minimum atomic E-state index is -4.83. The van der Waals surface area contributed by atoms with E-state index in [1.54, 1.807) is 0 Å². The predicted octanol–water partition coefficient (Wildman–Crippen LogP) is 5.98. The Bertz CT molecular complexity index is 626. The third-order valence-electron chi connectivity index (χ3n) is 6.11. The van der Waals surface area contributed by atoms with Gasteiger partial charge in [-0.15, -0.1) is 0 Å². The van der Waals surface area contributed by atoms with Crippen molar-refractivity contribution in [2.75, 3.05) is 18.1 Å². The Hall–Kier alpha value is -0.430. The van der Waals surface area contributed by atoms with Gasteiger partial charge in [-0.3, -0.25) is 0 Å². The van der Waals surface area contributed by atoms with E-state index in [0.29, 0.717) is 25.7 Å². The quantitative estimate of drug-likeness (QED) is 0.162. The number of rotatable bonds is 20. The highest BCUT2D eigenvalue weighted by Crippen LogP contribution is 2.36. The highest BCUT2D eigenvalue weighted by atomic mass is 32.2. The lowest BCUT2D eigenvalue weighted by atomic mass is 9.81. The van der Waals surface area contributed by atoms with Crippen LogP contribution in [0.5, 0.6) is 0 Å². The number of carbonyl (C=O) groups is 1. The van der Waals surface area contributed by atoms with Crippen LogP contribution >= 0.6 is 7.60 Å². The Morgan fingerprint density at radius 1 is 0.774 bits per heavy atom. The molecular weight excluding hydrogens is 439 g/mol. The molecule has 9 heteroatoms. The van der Waals surface area contributed by atoms with Gasteiger partial charge in [0.1, 0.15) is 9.84 Å². The van der Waals surface area contributed by atoms with Crippen molar-refractivity contribution in [2.45, 2.75) is 109 Å². The minimum Gasteiger partial charge on any atom is -0.457 e. The van der Waals surface area contributed by atoms with Crippen LogP contribution in [0.3, 0.4) is 0 Å². The first kappa shape index (κ1) is 28.6. The average Bonchev–Trinajstić information content (AvgIpc) is 2.65. The summed E-state index contributed by atoms with van der Waals surface area (Å²) in [5.41, 5.74) is -1.53. The third-order valence-corrected chi connectivity index (χ3v) is 8.53. The Balaban J connectivity index is 1.84. The first-order valence-electron chi connectivity index (χ1n) is 12.1. The van der Waals surface area contributed by atoms with Crippen LogP contribution in [0.25, 0.3) is 0 Å². The van der Waals surface area contributed by atoms with Crippen molar-refractivity contribution in [1.29, 1.82) is 0 Å². The second-order valence-corrected chi connectivity index (χ2v) is 12.7. The first-order chi connectivity index (χ1) is 14.7. The summed E-state index contributed by atoms with van der Waals surface area (Å²) in [5.74, 6) is 1.37. The van der Waals surface area contributed by atoms with Crippen LogP contribution in [-0.2, 0) is 19.1 Å². The summed E-state index contributed by atoms with van der Waals surface area (Å²) in [6.07, 6.45) is 19.2. The topological polar surface area (TPSA) is 118 Å². The normalized spacial score (nSPS) is 15.0. The smallest absolute Gasteiger partial charge is 0.433 e. The van der Waals surface area contributed by atoms with Crippen molar-refractivity contribution in [3.63, 3.8) is 0 Å². The van der Waals surface area contributed by atoms with Gasteiger partial charge >= 0.3 is 13.3 Å². The first-order valence-corrected chi connectivity index (χ1v) is 15.6. The zero-order valence-electron chi connectivity index (χ0n) is 19.0. The van der Waals surface area contributed by atoms with E-state index < -0.39 is 23.1 Å². The molecule has 0 unspecified atom stereocenters. The summed E-state index contributed by atoms with van der Waals surface area (Å²) in [6.45, 7) is -0.107. The predicted molar refractivity (Wildman–Crippen MR) is 124 cm³/mol. The van der Waals surface area contributed by atoms with Gasteiger partial charge in [0, 0.05) is 0 Å². The molecule has 0 heterocycles. The van der Waals surface area contributed by atoms with Gasteiger partial charge in [-0.05, 0) is 31.6 Å². The summed E-state index contributed by atoms with van der Waals surface area (Å²) in [5, 5.41) is 0. The van der Waals surface area contributed by atoms with Gasteiger partial charge in [0.2, 0.25) is 0 Å². The molecule has 1 rings (SSSR count). The molecule has 1 aliphatic rings. The van der Waals surface area contributed by atoms with E-state index in [1.807, 2.05) is 0 Å². The third kappa shape index (κ3) is 15.9. The Kier molecular flexibility index (Phi) is 15.0. The minimum absolute atomic E-state index is 0.107. The molecule has 1 fully saturated rings. The number of ether oxygens (including phenoxy) is 1. The zero-order chi connectivity index (χ0) is 23.0. The van der Waals surface area contributed by atoms with Crippen molar-refractivity contribution < 1.29 is 32.3 Å². The van der Waals surface area contributed by atoms with E-state index in [2.05, 4.69) is 4.74 Å². The fourth-order valence-electron chi connectivity index (χ4n) is 3.90. The number of sulfone groups is 1. The Morgan fingerprint density at radius 2 is 1.23 bits per heavy atom. The number of carbonyl (C=O) groups excluding carboxylic acids is 1. The van der Waals surface area contributed by atoms with Gasteiger partial charge in [0.25, 0.3) is 0 Å². The lowest BCUT2D eigenvalue weighted by Crippen LogP contribution is -2.11. The van der Waals surface area contributed by atoms with Crippen molar-refractivity contribution in [3.8, 4) is 0 Å². The lowest BCUT2D eigenvalue weighted by Gasteiger charge is -2.24. The SMILES string of the molecule is O=C(OCCCCCS(=O)(=O)CCCCCCCCCCCCC1CCC1)P(=O)(O)O. The van der Waals surface area contributed by atoms with Gasteiger partial charge in [0.15, 0.2) is 0 Å². The van der Waals surface area contributed by atoms with E-state index >= 15 is 0 Å². The van der Waals surface area contributed by atoms with E-state index in [1.165, 1.54) is 70.6 Å². The van der Waals surface area contributed by atoms with Crippen molar-refractivity contribution in [2.24, 2.45) is 5.92 Å². The summed E-state index contributed by atoms with van der Waals surface area (Å²) in [4.78, 5) is 28.0. The van der Waals surface area contributed by atoms with Crippen molar-refractivity contribution in [1.82, 2.24) is 0 Å². The molecule has 0 atom stereocenters. The summed E-state index contributed by atoms with van der Waals surface area (Å²) >= 11 is 0. The van der Waals surface area contributed by atoms with Gasteiger partial charge in [-0.2, -0.15) is 0 Å². The molecule has 0 aliphatic heterocycles. The Morgan fingerprint density at radius 3 is 1.68 bits per heavy atom. The van der Waals surface area contributed by atoms with Gasteiger partial charge < -0.3 is 14.5 Å². The standard InChI is InChI=1S/C22H43O7PS/c23-22(30(24,25)26)29-18-11-9-13-20-31(27,28)19-12-8-6-4-2-1-3-5-7-10-15-21-16-14-17-21/h21H,1-20H2,(H2,24,25,26). The molecule has 0 aromatic heterocycles. The molecule has 2 N–H and O–H groups in total. The summed E-state index contributed by atoms with van der Waals surface area (Å²) in [6, 6.07) is 0. The molecule has 0 spiro atoms. The lowest BCUT2D eigenvalue weighted by molar-refractivity contribution is 0.160. The fraction of sp³-hybridized carbons (Fsp3) is 0.955. The van der Waals surface area contributed by atoms with Gasteiger partial charge in [0.05, 0.1) is 18.1 Å². The van der Waals surface area contributed by atoms with Crippen LogP contribution in [-0.4, -0.2) is 42.0 Å². The molecule has 0 radical (unpaired) electrons. The molecule has 0 amide bonds. The molecule has 1 saturated carbocycles. The van der Waals surface area contributed by atoms with Crippen molar-refractivity contribution in [3.05, 3.63) is 0 Å². The van der Waals surface area contributed by atoms with E-state index in [0.717, 1.165) is 18.8 Å². The monoisotopic (exact) mass is 482 g/mol. The highest BCUT2D eigenvalue weighted by Gasteiger charge is 2.27. The zero-order valence-corrected chi connectivity index (χ0v) is 20.7. The highest BCUT2D eigenvalue weighted by molar-refractivity contribution is 7.91. The van der Waals surface area contributed by atoms with Crippen LogP contribution in [0.4, 0.5) is 4.79 Å². The Labute approximate surface area is 188 Å².